The summed E-state index contributed by atoms with van der Waals surface area (Å²) in [6.07, 6.45) is 0. The van der Waals surface area contributed by atoms with E-state index in [2.05, 4.69) is 4.74 Å². The summed E-state index contributed by atoms with van der Waals surface area (Å²) in [7, 11) is -2.46. The summed E-state index contributed by atoms with van der Waals surface area (Å²) >= 11 is 0. The van der Waals surface area contributed by atoms with E-state index in [4.69, 9.17) is 0 Å². The molecule has 5 nitrogen and oxygen atoms in total. The van der Waals surface area contributed by atoms with E-state index >= 15 is 0 Å². The van der Waals surface area contributed by atoms with Gasteiger partial charge in [0.1, 0.15) is 5.82 Å². The molecule has 18 heavy (non-hydrogen) atoms. The van der Waals surface area contributed by atoms with E-state index in [1.165, 1.54) is 25.3 Å². The molecule has 0 bridgehead atoms. The third kappa shape index (κ3) is 2.23. The number of ether oxygens (including phenoxy) is 1. The van der Waals surface area contributed by atoms with Crippen LogP contribution in [0.5, 0.6) is 0 Å². The topological polar surface area (TPSA) is 63.7 Å². The van der Waals surface area contributed by atoms with Crippen molar-refractivity contribution in [3.63, 3.8) is 0 Å². The van der Waals surface area contributed by atoms with Crippen LogP contribution in [0.4, 0.5) is 4.39 Å². The lowest BCUT2D eigenvalue weighted by Gasteiger charge is -2.36. The molecule has 1 aromatic rings. The smallest absolute Gasteiger partial charge is 0.311 e. The number of esters is 1. The van der Waals surface area contributed by atoms with Crippen molar-refractivity contribution in [3.05, 3.63) is 30.1 Å². The maximum absolute atomic E-state index is 13.0. The maximum atomic E-state index is 13.0. The van der Waals surface area contributed by atoms with Crippen molar-refractivity contribution in [1.29, 1.82) is 0 Å². The largest absolute Gasteiger partial charge is 0.469 e. The first kappa shape index (κ1) is 13.0. The Morgan fingerprint density at radius 1 is 1.44 bits per heavy atom. The summed E-state index contributed by atoms with van der Waals surface area (Å²) < 4.78 is 42.7. The average molecular weight is 273 g/mol. The Balaban J connectivity index is 2.13. The van der Waals surface area contributed by atoms with Crippen LogP contribution >= 0.6 is 0 Å². The fourth-order valence-electron chi connectivity index (χ4n) is 1.73. The minimum atomic E-state index is -3.71. The summed E-state index contributed by atoms with van der Waals surface area (Å²) in [5.74, 6) is -1.47. The Labute approximate surface area is 104 Å². The summed E-state index contributed by atoms with van der Waals surface area (Å²) in [6.45, 7) is 0.150. The van der Waals surface area contributed by atoms with Crippen LogP contribution in [0.3, 0.4) is 0 Å². The van der Waals surface area contributed by atoms with Gasteiger partial charge in [-0.1, -0.05) is 6.07 Å². The van der Waals surface area contributed by atoms with Crippen molar-refractivity contribution in [3.8, 4) is 0 Å². The predicted molar refractivity (Wildman–Crippen MR) is 60.7 cm³/mol. The zero-order valence-corrected chi connectivity index (χ0v) is 10.5. The molecule has 98 valence electrons. The Morgan fingerprint density at radius 3 is 2.67 bits per heavy atom. The van der Waals surface area contributed by atoms with Gasteiger partial charge in [0.2, 0.25) is 10.0 Å². The second-order valence-electron chi connectivity index (χ2n) is 4.00. The van der Waals surface area contributed by atoms with Crippen LogP contribution < -0.4 is 0 Å². The van der Waals surface area contributed by atoms with E-state index in [1.807, 2.05) is 0 Å². The minimum Gasteiger partial charge on any atom is -0.469 e. The van der Waals surface area contributed by atoms with Crippen molar-refractivity contribution < 1.29 is 22.3 Å². The van der Waals surface area contributed by atoms with Gasteiger partial charge in [0.25, 0.3) is 0 Å². The quantitative estimate of drug-likeness (QED) is 0.757. The first-order valence-corrected chi connectivity index (χ1v) is 6.72. The lowest BCUT2D eigenvalue weighted by molar-refractivity contribution is -0.149. The highest BCUT2D eigenvalue weighted by atomic mass is 32.2. The SMILES string of the molecule is COC(=O)C1CN(S(=O)(=O)c2cccc(F)c2)C1. The van der Waals surface area contributed by atoms with Gasteiger partial charge in [-0.05, 0) is 18.2 Å². The Bertz CT molecular complexity index is 566. The van der Waals surface area contributed by atoms with Crippen molar-refractivity contribution in [2.45, 2.75) is 4.90 Å². The van der Waals surface area contributed by atoms with Gasteiger partial charge in [0.15, 0.2) is 0 Å². The number of hydrogen-bond acceptors (Lipinski definition) is 4. The molecule has 0 amide bonds. The molecule has 0 N–H and O–H groups in total. The first-order valence-electron chi connectivity index (χ1n) is 5.28. The standard InChI is InChI=1S/C11H12FNO4S/c1-17-11(14)8-6-13(7-8)18(15,16)10-4-2-3-9(12)5-10/h2-5,8H,6-7H2,1H3. The summed E-state index contributed by atoms with van der Waals surface area (Å²) in [5, 5.41) is 0. The lowest BCUT2D eigenvalue weighted by atomic mass is 10.0. The Morgan fingerprint density at radius 2 is 2.11 bits per heavy atom. The number of carbonyl (C=O) groups is 1. The van der Waals surface area contributed by atoms with Crippen molar-refractivity contribution in [1.82, 2.24) is 4.31 Å². The number of methoxy groups -OCH3 is 1. The molecule has 1 aliphatic heterocycles. The molecular weight excluding hydrogens is 261 g/mol. The molecule has 1 heterocycles. The van der Waals surface area contributed by atoms with Crippen molar-refractivity contribution >= 4 is 16.0 Å². The Kier molecular flexibility index (Phi) is 3.36. The zero-order chi connectivity index (χ0) is 13.3. The van der Waals surface area contributed by atoms with Crippen LogP contribution in [0, 0.1) is 11.7 Å². The monoisotopic (exact) mass is 273 g/mol. The van der Waals surface area contributed by atoms with Gasteiger partial charge in [-0.3, -0.25) is 4.79 Å². The molecule has 0 radical (unpaired) electrons. The number of benzene rings is 1. The summed E-state index contributed by atoms with van der Waals surface area (Å²) in [4.78, 5) is 11.0. The minimum absolute atomic E-state index is 0.0749. The van der Waals surface area contributed by atoms with Gasteiger partial charge in [0.05, 0.1) is 17.9 Å². The molecule has 1 aliphatic rings. The molecule has 0 spiro atoms. The molecule has 1 saturated heterocycles. The van der Waals surface area contributed by atoms with Crippen LogP contribution in [0.2, 0.25) is 0 Å². The molecule has 1 aromatic carbocycles. The molecule has 0 atom stereocenters. The highest BCUT2D eigenvalue weighted by Gasteiger charge is 2.41. The van der Waals surface area contributed by atoms with Crippen molar-refractivity contribution in [2.75, 3.05) is 20.2 Å². The predicted octanol–water partition coefficient (Wildman–Crippen LogP) is 0.619. The number of sulfonamides is 1. The third-order valence-corrected chi connectivity index (χ3v) is 4.64. The Hall–Kier alpha value is -1.47. The average Bonchev–Trinajstić information content (AvgIpc) is 2.26. The van der Waals surface area contributed by atoms with Gasteiger partial charge in [0, 0.05) is 13.1 Å². The number of carbonyl (C=O) groups excluding carboxylic acids is 1. The fourth-order valence-corrected chi connectivity index (χ4v) is 3.29. The highest BCUT2D eigenvalue weighted by Crippen LogP contribution is 2.25. The van der Waals surface area contributed by atoms with Crippen molar-refractivity contribution in [2.24, 2.45) is 5.92 Å². The number of halogens is 1. The molecule has 0 aliphatic carbocycles. The van der Waals surface area contributed by atoms with Gasteiger partial charge in [-0.25, -0.2) is 12.8 Å². The molecular formula is C11H12FNO4S. The second-order valence-corrected chi connectivity index (χ2v) is 5.94. The maximum Gasteiger partial charge on any atom is 0.311 e. The normalized spacial score (nSPS) is 17.2. The zero-order valence-electron chi connectivity index (χ0n) is 9.67. The van der Waals surface area contributed by atoms with Crippen LogP contribution in [-0.2, 0) is 19.6 Å². The number of rotatable bonds is 3. The highest BCUT2D eigenvalue weighted by molar-refractivity contribution is 7.89. The van der Waals surface area contributed by atoms with Gasteiger partial charge < -0.3 is 4.74 Å². The van der Waals surface area contributed by atoms with Crippen LogP contribution in [0.1, 0.15) is 0 Å². The van der Waals surface area contributed by atoms with E-state index < -0.39 is 27.7 Å². The van der Waals surface area contributed by atoms with E-state index in [0.29, 0.717) is 0 Å². The van der Waals surface area contributed by atoms with E-state index in [-0.39, 0.29) is 18.0 Å². The van der Waals surface area contributed by atoms with E-state index in [0.717, 1.165) is 10.4 Å². The first-order chi connectivity index (χ1) is 8.45. The molecule has 2 rings (SSSR count). The molecule has 0 aromatic heterocycles. The van der Waals surface area contributed by atoms with E-state index in [1.54, 1.807) is 0 Å². The van der Waals surface area contributed by atoms with Crippen LogP contribution in [0.15, 0.2) is 29.2 Å². The fraction of sp³-hybridized carbons (Fsp3) is 0.364. The van der Waals surface area contributed by atoms with Gasteiger partial charge in [-0.2, -0.15) is 4.31 Å². The van der Waals surface area contributed by atoms with Gasteiger partial charge in [-0.15, -0.1) is 0 Å². The summed E-state index contributed by atoms with van der Waals surface area (Å²) in [6, 6.07) is 4.79. The molecule has 0 saturated carbocycles. The van der Waals surface area contributed by atoms with E-state index in [9.17, 15) is 17.6 Å². The number of hydrogen-bond donors (Lipinski definition) is 0. The third-order valence-electron chi connectivity index (χ3n) is 2.82. The molecule has 1 fully saturated rings. The van der Waals surface area contributed by atoms with Gasteiger partial charge >= 0.3 is 5.97 Å². The lowest BCUT2D eigenvalue weighted by Crippen LogP contribution is -2.53. The summed E-state index contributed by atoms with van der Waals surface area (Å²) in [5.41, 5.74) is 0. The van der Waals surface area contributed by atoms with Crippen LogP contribution in [-0.4, -0.2) is 38.9 Å². The van der Waals surface area contributed by atoms with Crippen LogP contribution in [0.25, 0.3) is 0 Å². The molecule has 7 heteroatoms. The number of nitrogens with zero attached hydrogens (tertiary/aromatic N) is 1. The molecule has 0 unspecified atom stereocenters. The second kappa shape index (κ2) is 4.66.